The molecule has 0 saturated heterocycles. The van der Waals surface area contributed by atoms with Crippen molar-refractivity contribution in [3.63, 3.8) is 0 Å². The van der Waals surface area contributed by atoms with E-state index in [0.29, 0.717) is 0 Å². The minimum absolute atomic E-state index is 0.0249. The van der Waals surface area contributed by atoms with E-state index in [0.717, 1.165) is 0 Å². The molecule has 64 valence electrons. The first kappa shape index (κ1) is 9.09. The molecule has 0 fully saturated rings. The van der Waals surface area contributed by atoms with Gasteiger partial charge >= 0.3 is 6.09 Å². The van der Waals surface area contributed by atoms with Gasteiger partial charge in [-0.2, -0.15) is 4.98 Å². The number of carbonyl (C=O) groups excluding carboxylic acids is 1. The van der Waals surface area contributed by atoms with Crippen molar-refractivity contribution in [3.8, 4) is 5.88 Å². The molecule has 1 aromatic heterocycles. The maximum Gasteiger partial charge on any atom is 0.411 e. The topological polar surface area (TPSA) is 65.2 Å². The summed E-state index contributed by atoms with van der Waals surface area (Å²) in [7, 11) is 0. The zero-order valence-electron chi connectivity index (χ0n) is 5.75. The summed E-state index contributed by atoms with van der Waals surface area (Å²) in [6.07, 6.45) is -0.944. The monoisotopic (exact) mass is 206 g/mol. The first-order valence-corrected chi connectivity index (χ1v) is 3.64. The number of hydrogen-bond donors (Lipinski definition) is 1. The van der Waals surface area contributed by atoms with Gasteiger partial charge in [0, 0.05) is 6.07 Å². The lowest BCUT2D eigenvalue weighted by Gasteiger charge is -1.99. The van der Waals surface area contributed by atoms with Crippen LogP contribution in [0.4, 0.5) is 4.79 Å². The van der Waals surface area contributed by atoms with Crippen molar-refractivity contribution in [2.45, 2.75) is 0 Å². The normalized spacial score (nSPS) is 9.50. The van der Waals surface area contributed by atoms with Gasteiger partial charge in [-0.1, -0.05) is 23.2 Å². The molecule has 0 spiro atoms. The summed E-state index contributed by atoms with van der Waals surface area (Å²) in [5, 5.41) is 0.351. The minimum Gasteiger partial charge on any atom is -0.391 e. The Kier molecular flexibility index (Phi) is 2.73. The van der Waals surface area contributed by atoms with Crippen molar-refractivity contribution < 1.29 is 9.53 Å². The number of pyridine rings is 1. The summed E-state index contributed by atoms with van der Waals surface area (Å²) in [6, 6.07) is 2.84. The van der Waals surface area contributed by atoms with Crippen LogP contribution in [0.1, 0.15) is 0 Å². The number of aromatic nitrogens is 1. The zero-order valence-corrected chi connectivity index (χ0v) is 7.26. The number of nitrogens with two attached hydrogens (primary N) is 1. The van der Waals surface area contributed by atoms with Crippen LogP contribution in [0.2, 0.25) is 10.2 Å². The first-order valence-electron chi connectivity index (χ1n) is 2.89. The van der Waals surface area contributed by atoms with Crippen LogP contribution in [0.25, 0.3) is 0 Å². The maximum atomic E-state index is 10.2. The van der Waals surface area contributed by atoms with Crippen LogP contribution in [-0.2, 0) is 0 Å². The van der Waals surface area contributed by atoms with Gasteiger partial charge < -0.3 is 10.5 Å². The van der Waals surface area contributed by atoms with Crippen molar-refractivity contribution in [1.29, 1.82) is 0 Å². The average Bonchev–Trinajstić information content (AvgIpc) is 1.96. The Morgan fingerprint density at radius 3 is 2.67 bits per heavy atom. The fourth-order valence-electron chi connectivity index (χ4n) is 0.561. The highest BCUT2D eigenvalue weighted by Gasteiger charge is 2.03. The molecule has 12 heavy (non-hydrogen) atoms. The lowest BCUT2D eigenvalue weighted by atomic mass is 10.5. The quantitative estimate of drug-likeness (QED) is 0.714. The smallest absolute Gasteiger partial charge is 0.391 e. The molecule has 4 nitrogen and oxygen atoms in total. The van der Waals surface area contributed by atoms with Gasteiger partial charge in [-0.15, -0.1) is 0 Å². The van der Waals surface area contributed by atoms with E-state index in [1.165, 1.54) is 12.1 Å². The molecule has 0 saturated carbocycles. The summed E-state index contributed by atoms with van der Waals surface area (Å²) in [4.78, 5) is 13.9. The SMILES string of the molecule is NC(=O)Oc1ccc(Cl)c(Cl)n1. The van der Waals surface area contributed by atoms with Gasteiger partial charge in [0.15, 0.2) is 5.15 Å². The first-order chi connectivity index (χ1) is 5.59. The number of amides is 1. The fraction of sp³-hybridized carbons (Fsp3) is 0. The van der Waals surface area contributed by atoms with E-state index in [1.807, 2.05) is 0 Å². The average molecular weight is 207 g/mol. The summed E-state index contributed by atoms with van der Waals surface area (Å²) in [5.41, 5.74) is 4.74. The second kappa shape index (κ2) is 3.60. The van der Waals surface area contributed by atoms with E-state index in [-0.39, 0.29) is 16.1 Å². The summed E-state index contributed by atoms with van der Waals surface area (Å²) >= 11 is 11.1. The second-order valence-electron chi connectivity index (χ2n) is 1.84. The molecule has 0 radical (unpaired) electrons. The molecule has 0 aliphatic heterocycles. The number of primary amides is 1. The molecule has 0 aliphatic rings. The number of ether oxygens (including phenoxy) is 1. The van der Waals surface area contributed by atoms with Crippen LogP contribution >= 0.6 is 23.2 Å². The van der Waals surface area contributed by atoms with Gasteiger partial charge in [-0.25, -0.2) is 4.79 Å². The van der Waals surface area contributed by atoms with E-state index in [9.17, 15) is 4.79 Å². The third-order valence-corrected chi connectivity index (χ3v) is 1.67. The van der Waals surface area contributed by atoms with Gasteiger partial charge in [0.05, 0.1) is 5.02 Å². The molecule has 0 aromatic carbocycles. The molecule has 1 aromatic rings. The number of nitrogens with zero attached hydrogens (tertiary/aromatic N) is 1. The molecule has 1 amide bonds. The molecule has 0 unspecified atom stereocenters. The predicted molar refractivity (Wildman–Crippen MR) is 44.5 cm³/mol. The number of halogens is 2. The van der Waals surface area contributed by atoms with Gasteiger partial charge in [0.25, 0.3) is 0 Å². The Hall–Kier alpha value is -1.000. The third kappa shape index (κ3) is 2.25. The van der Waals surface area contributed by atoms with Crippen molar-refractivity contribution in [2.75, 3.05) is 0 Å². The lowest BCUT2D eigenvalue weighted by molar-refractivity contribution is 0.209. The van der Waals surface area contributed by atoms with E-state index in [2.05, 4.69) is 9.72 Å². The fourth-order valence-corrected chi connectivity index (χ4v) is 0.812. The molecule has 6 heteroatoms. The Morgan fingerprint density at radius 1 is 1.50 bits per heavy atom. The second-order valence-corrected chi connectivity index (χ2v) is 2.61. The molecule has 0 bridgehead atoms. The van der Waals surface area contributed by atoms with Crippen LogP contribution in [0.3, 0.4) is 0 Å². The Bertz CT molecular complexity index is 316. The van der Waals surface area contributed by atoms with Crippen LogP contribution in [0.15, 0.2) is 12.1 Å². The molecule has 2 N–H and O–H groups in total. The van der Waals surface area contributed by atoms with Crippen molar-refractivity contribution >= 4 is 29.3 Å². The van der Waals surface area contributed by atoms with Gasteiger partial charge in [0.1, 0.15) is 0 Å². The van der Waals surface area contributed by atoms with E-state index in [1.54, 1.807) is 0 Å². The third-order valence-electron chi connectivity index (χ3n) is 0.983. The summed E-state index contributed by atoms with van der Waals surface area (Å²) in [5.74, 6) is 0.0249. The lowest BCUT2D eigenvalue weighted by Crippen LogP contribution is -2.16. The summed E-state index contributed by atoms with van der Waals surface area (Å²) < 4.78 is 4.43. The van der Waals surface area contributed by atoms with Gasteiger partial charge in [0.2, 0.25) is 5.88 Å². The van der Waals surface area contributed by atoms with E-state index in [4.69, 9.17) is 28.9 Å². The van der Waals surface area contributed by atoms with Crippen molar-refractivity contribution in [2.24, 2.45) is 5.73 Å². The van der Waals surface area contributed by atoms with Gasteiger partial charge in [-0.3, -0.25) is 0 Å². The minimum atomic E-state index is -0.944. The number of carbonyl (C=O) groups is 1. The molecule has 0 atom stereocenters. The highest BCUT2D eigenvalue weighted by molar-refractivity contribution is 6.41. The maximum absolute atomic E-state index is 10.2. The highest BCUT2D eigenvalue weighted by atomic mass is 35.5. The Balaban J connectivity index is 2.89. The predicted octanol–water partition coefficient (Wildman–Crippen LogP) is 1.85. The molecular formula is C6H4Cl2N2O2. The standard InChI is InChI=1S/C6H4Cl2N2O2/c7-3-1-2-4(10-5(3)8)12-6(9)11/h1-2H,(H2,9,11). The van der Waals surface area contributed by atoms with E-state index >= 15 is 0 Å². The summed E-state index contributed by atoms with van der Waals surface area (Å²) in [6.45, 7) is 0. The molecule has 1 rings (SSSR count). The number of hydrogen-bond acceptors (Lipinski definition) is 3. The Labute approximate surface area is 78.2 Å². The van der Waals surface area contributed by atoms with Crippen LogP contribution in [0.5, 0.6) is 5.88 Å². The van der Waals surface area contributed by atoms with Crippen LogP contribution < -0.4 is 10.5 Å². The zero-order chi connectivity index (χ0) is 9.14. The van der Waals surface area contributed by atoms with E-state index < -0.39 is 6.09 Å². The molecule has 1 heterocycles. The largest absolute Gasteiger partial charge is 0.411 e. The van der Waals surface area contributed by atoms with Crippen LogP contribution in [0, 0.1) is 0 Å². The van der Waals surface area contributed by atoms with Crippen LogP contribution in [-0.4, -0.2) is 11.1 Å². The highest BCUT2D eigenvalue weighted by Crippen LogP contribution is 2.21. The van der Waals surface area contributed by atoms with Crippen molar-refractivity contribution in [1.82, 2.24) is 4.98 Å². The molecule has 0 aliphatic carbocycles. The number of rotatable bonds is 1. The van der Waals surface area contributed by atoms with Gasteiger partial charge in [-0.05, 0) is 6.07 Å². The van der Waals surface area contributed by atoms with Crippen molar-refractivity contribution in [3.05, 3.63) is 22.3 Å². The molecular weight excluding hydrogens is 203 g/mol. The Morgan fingerprint density at radius 2 is 2.17 bits per heavy atom.